The van der Waals surface area contributed by atoms with E-state index in [4.69, 9.17) is 11.6 Å². The molecular weight excluding hydrogens is 448 g/mol. The summed E-state index contributed by atoms with van der Waals surface area (Å²) < 4.78 is 0. The lowest BCUT2D eigenvalue weighted by molar-refractivity contribution is -0.133. The molecule has 0 saturated carbocycles. The van der Waals surface area contributed by atoms with Crippen molar-refractivity contribution in [3.8, 4) is 0 Å². The number of benzene rings is 2. The van der Waals surface area contributed by atoms with Gasteiger partial charge in [-0.25, -0.2) is 0 Å². The zero-order chi connectivity index (χ0) is 23.0. The maximum Gasteiger partial charge on any atom is 0.222 e. The topological polar surface area (TPSA) is 23.6 Å². The van der Waals surface area contributed by atoms with Crippen molar-refractivity contribution >= 4 is 29.3 Å². The summed E-state index contributed by atoms with van der Waals surface area (Å²) >= 11 is 8.28. The molecule has 2 aromatic carbocycles. The number of carbonyl (C=O) groups is 1. The molecule has 1 saturated heterocycles. The Morgan fingerprint density at radius 1 is 0.939 bits per heavy atom. The first-order valence-electron chi connectivity index (χ1n) is 12.7. The third kappa shape index (κ3) is 6.55. The lowest BCUT2D eigenvalue weighted by Gasteiger charge is -2.39. The van der Waals surface area contributed by atoms with Crippen molar-refractivity contribution in [1.29, 1.82) is 0 Å². The first-order chi connectivity index (χ1) is 16.2. The minimum absolute atomic E-state index is 0.301. The number of rotatable bonds is 9. The second-order valence-electron chi connectivity index (χ2n) is 9.40. The van der Waals surface area contributed by atoms with Gasteiger partial charge in [0.25, 0.3) is 0 Å². The molecule has 2 aliphatic rings. The summed E-state index contributed by atoms with van der Waals surface area (Å²) in [5.74, 6) is 0.341. The smallest absolute Gasteiger partial charge is 0.222 e. The van der Waals surface area contributed by atoms with Crippen molar-refractivity contribution in [3.63, 3.8) is 0 Å². The Hall–Kier alpha value is -1.49. The summed E-state index contributed by atoms with van der Waals surface area (Å²) in [7, 11) is 0. The van der Waals surface area contributed by atoms with Crippen molar-refractivity contribution in [2.75, 3.05) is 26.2 Å². The van der Waals surface area contributed by atoms with Crippen LogP contribution in [-0.4, -0.2) is 41.9 Å². The number of amides is 1. The van der Waals surface area contributed by atoms with Crippen molar-refractivity contribution < 1.29 is 4.79 Å². The minimum Gasteiger partial charge on any atom is -0.340 e. The molecule has 0 aromatic heterocycles. The predicted molar refractivity (Wildman–Crippen MR) is 139 cm³/mol. The van der Waals surface area contributed by atoms with E-state index < -0.39 is 0 Å². The molecule has 2 aliphatic heterocycles. The van der Waals surface area contributed by atoms with Crippen LogP contribution >= 0.6 is 23.4 Å². The van der Waals surface area contributed by atoms with Gasteiger partial charge in [0.05, 0.1) is 0 Å². The molecule has 4 rings (SSSR count). The zero-order valence-corrected chi connectivity index (χ0v) is 21.5. The first kappa shape index (κ1) is 24.6. The van der Waals surface area contributed by atoms with E-state index in [1.165, 1.54) is 59.4 Å². The molecule has 0 spiro atoms. The SMILES string of the molecule is CCCCCCCCCC(=O)N1CCN(C2Cc3ccccc3Sc3ccc(Cl)cc32)CC1. The molecule has 0 radical (unpaired) electrons. The standard InChI is InChI=1S/C28H37ClN2OS/c1-2-3-4-5-6-7-8-13-28(32)31-18-16-30(17-19-31)25-20-22-11-9-10-12-26(22)33-27-15-14-23(29)21-24(25)27/h9-12,14-15,21,25H,2-8,13,16-20H2,1H3. The van der Waals surface area contributed by atoms with Crippen LogP contribution in [0.3, 0.4) is 0 Å². The second kappa shape index (κ2) is 12.3. The number of unbranched alkanes of at least 4 members (excludes halogenated alkanes) is 6. The van der Waals surface area contributed by atoms with Crippen molar-refractivity contribution in [1.82, 2.24) is 9.80 Å². The van der Waals surface area contributed by atoms with Gasteiger partial charge in [-0.1, -0.05) is 87.0 Å². The summed E-state index contributed by atoms with van der Waals surface area (Å²) in [5.41, 5.74) is 2.73. The fourth-order valence-corrected chi connectivity index (χ4v) is 6.38. The molecule has 2 aromatic rings. The summed E-state index contributed by atoms with van der Waals surface area (Å²) in [5, 5.41) is 0.800. The van der Waals surface area contributed by atoms with E-state index in [2.05, 4.69) is 53.1 Å². The maximum absolute atomic E-state index is 12.8. The van der Waals surface area contributed by atoms with E-state index in [0.29, 0.717) is 18.4 Å². The van der Waals surface area contributed by atoms with E-state index in [9.17, 15) is 4.79 Å². The molecule has 0 bridgehead atoms. The number of piperazine rings is 1. The van der Waals surface area contributed by atoms with Crippen LogP contribution in [-0.2, 0) is 11.2 Å². The largest absolute Gasteiger partial charge is 0.340 e. The number of fused-ring (bicyclic) bond motifs is 2. The number of hydrogen-bond acceptors (Lipinski definition) is 3. The van der Waals surface area contributed by atoms with Crippen LogP contribution in [0.1, 0.15) is 75.5 Å². The van der Waals surface area contributed by atoms with Crippen molar-refractivity contribution in [3.05, 3.63) is 58.6 Å². The summed E-state index contributed by atoms with van der Waals surface area (Å²) in [4.78, 5) is 20.1. The molecular formula is C28H37ClN2OS. The van der Waals surface area contributed by atoms with Gasteiger partial charge < -0.3 is 4.90 Å². The normalized spacial score (nSPS) is 18.5. The molecule has 3 nitrogen and oxygen atoms in total. The zero-order valence-electron chi connectivity index (χ0n) is 19.9. The van der Waals surface area contributed by atoms with Crippen LogP contribution in [0.2, 0.25) is 5.02 Å². The highest BCUT2D eigenvalue weighted by atomic mass is 35.5. The van der Waals surface area contributed by atoms with Crippen molar-refractivity contribution in [2.24, 2.45) is 0 Å². The van der Waals surface area contributed by atoms with E-state index in [1.807, 2.05) is 17.8 Å². The van der Waals surface area contributed by atoms with Gasteiger partial charge in [-0.2, -0.15) is 0 Å². The van der Waals surface area contributed by atoms with Crippen LogP contribution in [0.4, 0.5) is 0 Å². The molecule has 1 atom stereocenters. The molecule has 0 N–H and O–H groups in total. The van der Waals surface area contributed by atoms with Gasteiger partial charge in [0, 0.05) is 53.5 Å². The van der Waals surface area contributed by atoms with E-state index in [1.54, 1.807) is 0 Å². The Balaban J connectivity index is 1.33. The van der Waals surface area contributed by atoms with Crippen molar-refractivity contribution in [2.45, 2.75) is 80.5 Å². The van der Waals surface area contributed by atoms with Gasteiger partial charge in [-0.05, 0) is 48.2 Å². The van der Waals surface area contributed by atoms with Crippen LogP contribution in [0.15, 0.2) is 52.3 Å². The Labute approximate surface area is 208 Å². The number of nitrogens with zero attached hydrogens (tertiary/aromatic N) is 2. The molecule has 33 heavy (non-hydrogen) atoms. The fraction of sp³-hybridized carbons (Fsp3) is 0.536. The lowest BCUT2D eigenvalue weighted by atomic mass is 9.96. The molecule has 0 aliphatic carbocycles. The van der Waals surface area contributed by atoms with Gasteiger partial charge in [-0.3, -0.25) is 9.69 Å². The highest BCUT2D eigenvalue weighted by molar-refractivity contribution is 7.99. The Bertz CT molecular complexity index is 926. The maximum atomic E-state index is 12.8. The highest BCUT2D eigenvalue weighted by Gasteiger charge is 2.31. The van der Waals surface area contributed by atoms with Gasteiger partial charge >= 0.3 is 0 Å². The third-order valence-electron chi connectivity index (χ3n) is 7.04. The monoisotopic (exact) mass is 484 g/mol. The molecule has 178 valence electrons. The first-order valence-corrected chi connectivity index (χ1v) is 13.9. The molecule has 5 heteroatoms. The number of carbonyl (C=O) groups excluding carboxylic acids is 1. The molecule has 2 heterocycles. The molecule has 1 unspecified atom stereocenters. The molecule has 1 amide bonds. The van der Waals surface area contributed by atoms with E-state index >= 15 is 0 Å². The Kier molecular flexibility index (Phi) is 9.17. The average molecular weight is 485 g/mol. The second-order valence-corrected chi connectivity index (χ2v) is 10.9. The fourth-order valence-electron chi connectivity index (χ4n) is 5.08. The Morgan fingerprint density at radius 2 is 1.67 bits per heavy atom. The van der Waals surface area contributed by atoms with E-state index in [0.717, 1.165) is 44.0 Å². The number of hydrogen-bond donors (Lipinski definition) is 0. The quantitative estimate of drug-likeness (QED) is 0.347. The predicted octanol–water partition coefficient (Wildman–Crippen LogP) is 7.37. The summed E-state index contributed by atoms with van der Waals surface area (Å²) in [6.45, 7) is 5.76. The highest BCUT2D eigenvalue weighted by Crippen LogP contribution is 2.43. The van der Waals surface area contributed by atoms with Crippen LogP contribution < -0.4 is 0 Å². The Morgan fingerprint density at radius 3 is 2.45 bits per heavy atom. The molecule has 1 fully saturated rings. The average Bonchev–Trinajstić information content (AvgIpc) is 3.00. The van der Waals surface area contributed by atoms with Gasteiger partial charge in [0.1, 0.15) is 0 Å². The van der Waals surface area contributed by atoms with Gasteiger partial charge in [0.15, 0.2) is 0 Å². The van der Waals surface area contributed by atoms with Crippen LogP contribution in [0, 0.1) is 0 Å². The van der Waals surface area contributed by atoms with Crippen LogP contribution in [0.25, 0.3) is 0 Å². The summed E-state index contributed by atoms with van der Waals surface area (Å²) in [6.07, 6.45) is 10.5. The van der Waals surface area contributed by atoms with Gasteiger partial charge in [-0.15, -0.1) is 0 Å². The lowest BCUT2D eigenvalue weighted by Crippen LogP contribution is -2.50. The van der Waals surface area contributed by atoms with Crippen LogP contribution in [0.5, 0.6) is 0 Å². The number of halogens is 1. The summed E-state index contributed by atoms with van der Waals surface area (Å²) in [6, 6.07) is 15.4. The van der Waals surface area contributed by atoms with E-state index in [-0.39, 0.29) is 0 Å². The third-order valence-corrected chi connectivity index (χ3v) is 8.48. The minimum atomic E-state index is 0.301. The van der Waals surface area contributed by atoms with Gasteiger partial charge in [0.2, 0.25) is 5.91 Å².